The van der Waals surface area contributed by atoms with E-state index in [1.165, 1.54) is 0 Å². The van der Waals surface area contributed by atoms with Crippen LogP contribution in [0.3, 0.4) is 0 Å². The average Bonchev–Trinajstić information content (AvgIpc) is 2.74. The van der Waals surface area contributed by atoms with Crippen LogP contribution in [-0.4, -0.2) is 25.1 Å². The molecule has 3 rings (SSSR count). The number of benzene rings is 2. The van der Waals surface area contributed by atoms with Gasteiger partial charge in [0, 0.05) is 18.3 Å². The van der Waals surface area contributed by atoms with Gasteiger partial charge in [0.2, 0.25) is 0 Å². The monoisotopic (exact) mass is 377 g/mol. The highest BCUT2D eigenvalue weighted by Gasteiger charge is 2.12. The molecule has 0 aliphatic carbocycles. The first-order valence-electron chi connectivity index (χ1n) is 8.91. The summed E-state index contributed by atoms with van der Waals surface area (Å²) in [6.45, 7) is 2.06. The molecule has 0 fully saturated rings. The van der Waals surface area contributed by atoms with Gasteiger partial charge in [0.15, 0.2) is 0 Å². The van der Waals surface area contributed by atoms with Gasteiger partial charge in [-0.25, -0.2) is 4.98 Å². The van der Waals surface area contributed by atoms with Crippen molar-refractivity contribution >= 4 is 17.4 Å². The molecule has 1 aromatic heterocycles. The second kappa shape index (κ2) is 8.90. The minimum atomic E-state index is -0.276. The largest absolute Gasteiger partial charge is 0.497 e. The number of nitrogens with one attached hydrogen (secondary N) is 2. The topological polar surface area (TPSA) is 72.5 Å². The van der Waals surface area contributed by atoms with Gasteiger partial charge in [-0.05, 0) is 36.8 Å². The molecule has 28 heavy (non-hydrogen) atoms. The molecule has 1 heterocycles. The zero-order valence-electron chi connectivity index (χ0n) is 16.1. The van der Waals surface area contributed by atoms with Crippen LogP contribution < -0.4 is 20.1 Å². The van der Waals surface area contributed by atoms with Crippen molar-refractivity contribution in [3.8, 4) is 11.5 Å². The smallest absolute Gasteiger partial charge is 0.257 e. The predicted molar refractivity (Wildman–Crippen MR) is 110 cm³/mol. The number of anilines is 2. The normalized spacial score (nSPS) is 11.4. The zero-order valence-corrected chi connectivity index (χ0v) is 16.1. The van der Waals surface area contributed by atoms with Crippen molar-refractivity contribution in [1.82, 2.24) is 4.98 Å². The Hall–Kier alpha value is -3.54. The molecule has 1 atom stereocenters. The molecule has 6 nitrogen and oxygen atoms in total. The lowest BCUT2D eigenvalue weighted by atomic mass is 10.1. The Kier molecular flexibility index (Phi) is 6.11. The fourth-order valence-electron chi connectivity index (χ4n) is 2.77. The number of hydrogen-bond donors (Lipinski definition) is 2. The summed E-state index contributed by atoms with van der Waals surface area (Å²) >= 11 is 0. The summed E-state index contributed by atoms with van der Waals surface area (Å²) in [6, 6.07) is 18.9. The van der Waals surface area contributed by atoms with Crippen molar-refractivity contribution < 1.29 is 14.3 Å². The van der Waals surface area contributed by atoms with Crippen LogP contribution in [0.15, 0.2) is 66.9 Å². The fourth-order valence-corrected chi connectivity index (χ4v) is 2.77. The molecular formula is C22H23N3O3. The first kappa shape index (κ1) is 19.2. The van der Waals surface area contributed by atoms with E-state index >= 15 is 0 Å². The van der Waals surface area contributed by atoms with Gasteiger partial charge in [-0.15, -0.1) is 0 Å². The Morgan fingerprint density at radius 3 is 2.43 bits per heavy atom. The number of pyridine rings is 1. The lowest BCUT2D eigenvalue weighted by Crippen LogP contribution is -2.14. The summed E-state index contributed by atoms with van der Waals surface area (Å²) < 4.78 is 10.5. The lowest BCUT2D eigenvalue weighted by Gasteiger charge is -2.15. The molecular weight excluding hydrogens is 354 g/mol. The number of rotatable bonds is 7. The van der Waals surface area contributed by atoms with E-state index in [4.69, 9.17) is 9.47 Å². The highest BCUT2D eigenvalue weighted by Crippen LogP contribution is 2.29. The summed E-state index contributed by atoms with van der Waals surface area (Å²) in [7, 11) is 3.12. The number of nitrogens with zero attached hydrogens (tertiary/aromatic N) is 1. The maximum Gasteiger partial charge on any atom is 0.257 e. The number of hydrogen-bond acceptors (Lipinski definition) is 5. The molecule has 0 saturated heterocycles. The summed E-state index contributed by atoms with van der Waals surface area (Å²) in [5.74, 6) is 1.61. The highest BCUT2D eigenvalue weighted by molar-refractivity contribution is 6.05. The molecule has 0 aliphatic heterocycles. The van der Waals surface area contributed by atoms with Crippen LogP contribution in [0.5, 0.6) is 11.5 Å². The molecule has 2 aromatic carbocycles. The summed E-state index contributed by atoms with van der Waals surface area (Å²) in [5, 5.41) is 6.16. The molecule has 0 radical (unpaired) electrons. The van der Waals surface area contributed by atoms with Crippen LogP contribution in [0.1, 0.15) is 28.9 Å². The second-order valence-electron chi connectivity index (χ2n) is 6.23. The Morgan fingerprint density at radius 2 is 1.79 bits per heavy atom. The molecule has 0 bridgehead atoms. The third-order valence-corrected chi connectivity index (χ3v) is 4.34. The molecule has 144 valence electrons. The number of carbonyl (C=O) groups is 1. The first-order valence-corrected chi connectivity index (χ1v) is 8.91. The number of aromatic nitrogens is 1. The molecule has 0 spiro atoms. The summed E-state index contributed by atoms with van der Waals surface area (Å²) in [4.78, 5) is 16.9. The molecule has 6 heteroatoms. The Morgan fingerprint density at radius 1 is 1.00 bits per heavy atom. The first-order chi connectivity index (χ1) is 13.6. The highest BCUT2D eigenvalue weighted by atomic mass is 16.5. The van der Waals surface area contributed by atoms with Gasteiger partial charge in [-0.3, -0.25) is 4.79 Å². The fraction of sp³-hybridized carbons (Fsp3) is 0.182. The van der Waals surface area contributed by atoms with Crippen LogP contribution in [0, 0.1) is 0 Å². The van der Waals surface area contributed by atoms with Crippen LogP contribution >= 0.6 is 0 Å². The van der Waals surface area contributed by atoms with Gasteiger partial charge in [-0.2, -0.15) is 0 Å². The van der Waals surface area contributed by atoms with Crippen molar-refractivity contribution in [3.05, 3.63) is 78.0 Å². The molecule has 1 amide bonds. The molecule has 0 aliphatic rings. The van der Waals surface area contributed by atoms with Gasteiger partial charge in [0.05, 0.1) is 25.5 Å². The Bertz CT molecular complexity index is 928. The summed E-state index contributed by atoms with van der Waals surface area (Å²) in [6.07, 6.45) is 1.54. The molecule has 2 N–H and O–H groups in total. The van der Waals surface area contributed by atoms with E-state index in [2.05, 4.69) is 34.7 Å². The maximum absolute atomic E-state index is 12.6. The standard InChI is InChI=1S/C22H23N3O3/c1-15(16-7-5-4-6-8-16)24-21-12-9-17(14-23-21)22(26)25-19-13-18(27-2)10-11-20(19)28-3/h4-15H,1-3H3,(H,23,24)(H,25,26). The molecule has 1 unspecified atom stereocenters. The van der Waals surface area contributed by atoms with Crippen molar-refractivity contribution in [2.24, 2.45) is 0 Å². The summed E-state index contributed by atoms with van der Waals surface area (Å²) in [5.41, 5.74) is 2.14. The van der Waals surface area contributed by atoms with E-state index in [9.17, 15) is 4.79 Å². The van der Waals surface area contributed by atoms with Crippen molar-refractivity contribution in [1.29, 1.82) is 0 Å². The van der Waals surface area contributed by atoms with E-state index in [0.29, 0.717) is 28.6 Å². The Labute approximate surface area is 164 Å². The molecule has 0 saturated carbocycles. The van der Waals surface area contributed by atoms with Crippen LogP contribution in [0.25, 0.3) is 0 Å². The minimum Gasteiger partial charge on any atom is -0.497 e. The van der Waals surface area contributed by atoms with Crippen molar-refractivity contribution in [2.75, 3.05) is 24.9 Å². The minimum absolute atomic E-state index is 0.106. The maximum atomic E-state index is 12.6. The van der Waals surface area contributed by atoms with E-state index in [0.717, 1.165) is 5.56 Å². The van der Waals surface area contributed by atoms with Gasteiger partial charge in [-0.1, -0.05) is 30.3 Å². The number of carbonyl (C=O) groups excluding carboxylic acids is 1. The van der Waals surface area contributed by atoms with Crippen LogP contribution in [-0.2, 0) is 0 Å². The van der Waals surface area contributed by atoms with E-state index in [1.807, 2.05) is 18.2 Å². The van der Waals surface area contributed by atoms with Crippen molar-refractivity contribution in [2.45, 2.75) is 13.0 Å². The average molecular weight is 377 g/mol. The second-order valence-corrected chi connectivity index (χ2v) is 6.23. The molecule has 3 aromatic rings. The third kappa shape index (κ3) is 4.59. The SMILES string of the molecule is COc1ccc(OC)c(NC(=O)c2ccc(NC(C)c3ccccc3)nc2)c1. The van der Waals surface area contributed by atoms with E-state index in [-0.39, 0.29) is 11.9 Å². The predicted octanol–water partition coefficient (Wildman–Crippen LogP) is 4.52. The number of amides is 1. The Balaban J connectivity index is 1.69. The number of methoxy groups -OCH3 is 2. The van der Waals surface area contributed by atoms with Crippen LogP contribution in [0.2, 0.25) is 0 Å². The van der Waals surface area contributed by atoms with Crippen molar-refractivity contribution in [3.63, 3.8) is 0 Å². The number of ether oxygens (including phenoxy) is 2. The van der Waals surface area contributed by atoms with Gasteiger partial charge in [0.25, 0.3) is 5.91 Å². The lowest BCUT2D eigenvalue weighted by molar-refractivity contribution is 0.102. The quantitative estimate of drug-likeness (QED) is 0.633. The van der Waals surface area contributed by atoms with Gasteiger partial charge >= 0.3 is 0 Å². The zero-order chi connectivity index (χ0) is 19.9. The van der Waals surface area contributed by atoms with Crippen LogP contribution in [0.4, 0.5) is 11.5 Å². The third-order valence-electron chi connectivity index (χ3n) is 4.34. The van der Waals surface area contributed by atoms with Gasteiger partial charge < -0.3 is 20.1 Å². The van der Waals surface area contributed by atoms with E-state index in [1.54, 1.807) is 50.7 Å². The van der Waals surface area contributed by atoms with Gasteiger partial charge in [0.1, 0.15) is 17.3 Å². The van der Waals surface area contributed by atoms with E-state index < -0.39 is 0 Å².